The molecule has 0 spiro atoms. The zero-order valence-electron chi connectivity index (χ0n) is 15.9. The minimum Gasteiger partial charge on any atom is -0.370 e. The number of hydrogen-bond donors (Lipinski definition) is 4. The first kappa shape index (κ1) is 23.1. The summed E-state index contributed by atoms with van der Waals surface area (Å²) >= 11 is 0. The van der Waals surface area contributed by atoms with E-state index in [2.05, 4.69) is 16.0 Å². The lowest BCUT2D eigenvalue weighted by atomic mass is 10.0. The molecule has 1 unspecified atom stereocenters. The number of hydrogen-bond acceptors (Lipinski definition) is 4. The molecule has 0 heterocycles. The predicted molar refractivity (Wildman–Crippen MR) is 103 cm³/mol. The summed E-state index contributed by atoms with van der Waals surface area (Å²) < 4.78 is 13.9. The highest BCUT2D eigenvalue weighted by Crippen LogP contribution is 2.17. The summed E-state index contributed by atoms with van der Waals surface area (Å²) in [6.07, 6.45) is 3.75. The second-order valence-corrected chi connectivity index (χ2v) is 6.41. The van der Waals surface area contributed by atoms with Crippen LogP contribution in [-0.2, 0) is 25.6 Å². The molecule has 9 heteroatoms. The molecule has 0 radical (unpaired) electrons. The lowest BCUT2D eigenvalue weighted by Gasteiger charge is -2.16. The number of benzene rings is 1. The lowest BCUT2D eigenvalue weighted by Crippen LogP contribution is -2.40. The van der Waals surface area contributed by atoms with Crippen LogP contribution >= 0.6 is 0 Å². The van der Waals surface area contributed by atoms with Crippen LogP contribution in [-0.4, -0.2) is 37.2 Å². The number of aryl methyl sites for hydroxylation is 1. The molecule has 0 aliphatic rings. The van der Waals surface area contributed by atoms with Gasteiger partial charge in [0.05, 0.1) is 0 Å². The van der Waals surface area contributed by atoms with Gasteiger partial charge in [0.1, 0.15) is 11.9 Å². The average molecular weight is 394 g/mol. The highest BCUT2D eigenvalue weighted by molar-refractivity contribution is 5.96. The average Bonchev–Trinajstić information content (AvgIpc) is 2.63. The van der Waals surface area contributed by atoms with Crippen molar-refractivity contribution in [2.45, 2.75) is 51.0 Å². The highest BCUT2D eigenvalue weighted by atomic mass is 19.1. The fourth-order valence-corrected chi connectivity index (χ4v) is 2.67. The summed E-state index contributed by atoms with van der Waals surface area (Å²) in [5.74, 6) is -1.65. The summed E-state index contributed by atoms with van der Waals surface area (Å²) in [7, 11) is 1.59. The van der Waals surface area contributed by atoms with Gasteiger partial charge < -0.3 is 21.7 Å². The van der Waals surface area contributed by atoms with Crippen molar-refractivity contribution in [3.05, 3.63) is 29.6 Å². The molecule has 1 aromatic rings. The molecule has 0 saturated heterocycles. The van der Waals surface area contributed by atoms with Crippen molar-refractivity contribution in [1.29, 1.82) is 0 Å². The molecule has 5 N–H and O–H groups in total. The first-order valence-electron chi connectivity index (χ1n) is 9.14. The second-order valence-electron chi connectivity index (χ2n) is 6.41. The van der Waals surface area contributed by atoms with Gasteiger partial charge in [-0.15, -0.1) is 0 Å². The number of carbonyl (C=O) groups is 4. The van der Waals surface area contributed by atoms with E-state index in [1.165, 1.54) is 12.1 Å². The third kappa shape index (κ3) is 9.11. The molecule has 4 amide bonds. The number of nitrogens with one attached hydrogen (secondary N) is 3. The molecular weight excluding hydrogens is 367 g/mol. The number of carbonyl (C=O) groups excluding carboxylic acids is 4. The van der Waals surface area contributed by atoms with E-state index in [-0.39, 0.29) is 24.4 Å². The van der Waals surface area contributed by atoms with Crippen LogP contribution < -0.4 is 21.7 Å². The first-order valence-corrected chi connectivity index (χ1v) is 9.14. The quantitative estimate of drug-likeness (QED) is 0.294. The van der Waals surface area contributed by atoms with Gasteiger partial charge in [0, 0.05) is 25.6 Å². The molecule has 1 atom stereocenters. The van der Waals surface area contributed by atoms with E-state index < -0.39 is 23.7 Å². The number of anilines is 1. The zero-order valence-corrected chi connectivity index (χ0v) is 15.9. The van der Waals surface area contributed by atoms with Crippen molar-refractivity contribution in [2.75, 3.05) is 12.4 Å². The summed E-state index contributed by atoms with van der Waals surface area (Å²) in [5, 5.41) is 7.43. The van der Waals surface area contributed by atoms with Gasteiger partial charge >= 0.3 is 0 Å². The SMILES string of the molecule is CNC(=O)CCCCCc1cc(F)cc(NC(=O)C(CCC(N)=O)NC=O)c1. The Morgan fingerprint density at radius 3 is 2.54 bits per heavy atom. The van der Waals surface area contributed by atoms with Gasteiger partial charge in [-0.25, -0.2) is 4.39 Å². The van der Waals surface area contributed by atoms with Crippen LogP contribution in [0.2, 0.25) is 0 Å². The third-order valence-electron chi connectivity index (χ3n) is 4.14. The number of unbranched alkanes of at least 4 members (excludes halogenated alkanes) is 2. The van der Waals surface area contributed by atoms with Crippen molar-refractivity contribution in [3.63, 3.8) is 0 Å². The molecule has 8 nitrogen and oxygen atoms in total. The van der Waals surface area contributed by atoms with E-state index in [0.717, 1.165) is 19.3 Å². The lowest BCUT2D eigenvalue weighted by molar-refractivity contribution is -0.122. The Kier molecular flexibility index (Phi) is 10.2. The smallest absolute Gasteiger partial charge is 0.246 e. The van der Waals surface area contributed by atoms with Gasteiger partial charge in [-0.1, -0.05) is 6.42 Å². The van der Waals surface area contributed by atoms with Crippen molar-refractivity contribution in [1.82, 2.24) is 10.6 Å². The van der Waals surface area contributed by atoms with Crippen LogP contribution in [0, 0.1) is 5.82 Å². The van der Waals surface area contributed by atoms with Crippen LogP contribution in [0.3, 0.4) is 0 Å². The Labute approximate surface area is 163 Å². The Balaban J connectivity index is 2.62. The molecule has 0 aliphatic heterocycles. The number of amides is 4. The predicted octanol–water partition coefficient (Wildman–Crippen LogP) is 0.993. The Morgan fingerprint density at radius 2 is 1.89 bits per heavy atom. The van der Waals surface area contributed by atoms with Crippen molar-refractivity contribution >= 4 is 29.8 Å². The van der Waals surface area contributed by atoms with Gasteiger partial charge in [0.2, 0.25) is 24.1 Å². The molecule has 28 heavy (non-hydrogen) atoms. The van der Waals surface area contributed by atoms with E-state index in [1.807, 2.05) is 0 Å². The standard InChI is InChI=1S/C19H27FN4O4/c1-22-18(27)6-4-2-3-5-13-9-14(20)11-15(10-13)24-19(28)16(23-12-25)7-8-17(21)26/h9-12,16H,2-8H2,1H3,(H2,21,26)(H,22,27)(H,23,25)(H,24,28). The Morgan fingerprint density at radius 1 is 1.14 bits per heavy atom. The van der Waals surface area contributed by atoms with Crippen LogP contribution in [0.4, 0.5) is 10.1 Å². The fourth-order valence-electron chi connectivity index (χ4n) is 2.67. The van der Waals surface area contributed by atoms with Gasteiger partial charge in [-0.3, -0.25) is 19.2 Å². The van der Waals surface area contributed by atoms with Crippen molar-refractivity contribution in [2.24, 2.45) is 5.73 Å². The summed E-state index contributed by atoms with van der Waals surface area (Å²) in [4.78, 5) is 45.0. The van der Waals surface area contributed by atoms with E-state index in [0.29, 0.717) is 24.8 Å². The van der Waals surface area contributed by atoms with E-state index in [1.54, 1.807) is 13.1 Å². The molecule has 0 aliphatic carbocycles. The number of halogens is 1. The first-order chi connectivity index (χ1) is 13.3. The third-order valence-corrected chi connectivity index (χ3v) is 4.14. The summed E-state index contributed by atoms with van der Waals surface area (Å²) in [6, 6.07) is 3.29. The summed E-state index contributed by atoms with van der Waals surface area (Å²) in [6.45, 7) is 0. The molecule has 0 saturated carbocycles. The molecule has 0 fully saturated rings. The van der Waals surface area contributed by atoms with E-state index in [4.69, 9.17) is 5.73 Å². The van der Waals surface area contributed by atoms with E-state index in [9.17, 15) is 23.6 Å². The molecule has 154 valence electrons. The number of nitrogens with two attached hydrogens (primary N) is 1. The van der Waals surface area contributed by atoms with Crippen LogP contribution in [0.25, 0.3) is 0 Å². The second kappa shape index (κ2) is 12.4. The zero-order chi connectivity index (χ0) is 20.9. The maximum absolute atomic E-state index is 13.9. The largest absolute Gasteiger partial charge is 0.370 e. The maximum atomic E-state index is 13.9. The van der Waals surface area contributed by atoms with Gasteiger partial charge in [0.15, 0.2) is 0 Å². The van der Waals surface area contributed by atoms with Crippen molar-refractivity contribution in [3.8, 4) is 0 Å². The van der Waals surface area contributed by atoms with Gasteiger partial charge in [-0.2, -0.15) is 0 Å². The topological polar surface area (TPSA) is 130 Å². The Bertz CT molecular complexity index is 697. The maximum Gasteiger partial charge on any atom is 0.246 e. The molecule has 1 aromatic carbocycles. The monoisotopic (exact) mass is 394 g/mol. The Hall–Kier alpha value is -2.97. The van der Waals surface area contributed by atoms with Crippen molar-refractivity contribution < 1.29 is 23.6 Å². The fraction of sp³-hybridized carbons (Fsp3) is 0.474. The minimum atomic E-state index is -0.943. The van der Waals surface area contributed by atoms with Crippen LogP contribution in [0.5, 0.6) is 0 Å². The number of rotatable bonds is 13. The molecular formula is C19H27FN4O4. The minimum absolute atomic E-state index is 0.00872. The number of primary amides is 1. The molecule has 0 aromatic heterocycles. The highest BCUT2D eigenvalue weighted by Gasteiger charge is 2.19. The van der Waals surface area contributed by atoms with Crippen LogP contribution in [0.1, 0.15) is 44.1 Å². The van der Waals surface area contributed by atoms with E-state index >= 15 is 0 Å². The van der Waals surface area contributed by atoms with Gasteiger partial charge in [0.25, 0.3) is 0 Å². The van der Waals surface area contributed by atoms with Gasteiger partial charge in [-0.05, 0) is 49.4 Å². The molecule has 1 rings (SSSR count). The normalized spacial score (nSPS) is 11.4. The van der Waals surface area contributed by atoms with Crippen LogP contribution in [0.15, 0.2) is 18.2 Å². The molecule has 0 bridgehead atoms. The summed E-state index contributed by atoms with van der Waals surface area (Å²) in [5.41, 5.74) is 6.04.